The lowest BCUT2D eigenvalue weighted by Gasteiger charge is -2.18. The van der Waals surface area contributed by atoms with E-state index in [1.807, 2.05) is 13.8 Å². The smallest absolute Gasteiger partial charge is 0.296 e. The van der Waals surface area contributed by atoms with E-state index in [0.717, 1.165) is 12.8 Å². The van der Waals surface area contributed by atoms with Gasteiger partial charge in [-0.25, -0.2) is 4.98 Å². The number of hydroxylamine groups is 1. The SMILES string of the molecule is CCC(CC)n1c(O)nc2ncc(Cl)c(C(=N)NO)c21. The molecular weight excluding hydrogens is 282 g/mol. The largest absolute Gasteiger partial charge is 0.480 e. The van der Waals surface area contributed by atoms with Crippen LogP contribution in [0.4, 0.5) is 0 Å². The summed E-state index contributed by atoms with van der Waals surface area (Å²) >= 11 is 6.07. The molecule has 0 saturated carbocycles. The summed E-state index contributed by atoms with van der Waals surface area (Å²) in [6.07, 6.45) is 2.90. The van der Waals surface area contributed by atoms with E-state index in [-0.39, 0.29) is 34.1 Å². The van der Waals surface area contributed by atoms with Crippen molar-refractivity contribution in [3.8, 4) is 6.01 Å². The molecule has 8 heteroatoms. The van der Waals surface area contributed by atoms with Gasteiger partial charge in [-0.1, -0.05) is 25.4 Å². The lowest BCUT2D eigenvalue weighted by Crippen LogP contribution is -2.21. The van der Waals surface area contributed by atoms with Crippen LogP contribution in [0.3, 0.4) is 0 Å². The summed E-state index contributed by atoms with van der Waals surface area (Å²) < 4.78 is 1.61. The van der Waals surface area contributed by atoms with Gasteiger partial charge in [-0.2, -0.15) is 4.98 Å². The van der Waals surface area contributed by atoms with Gasteiger partial charge in [-0.3, -0.25) is 20.7 Å². The third kappa shape index (κ3) is 2.19. The normalized spacial score (nSPS) is 11.2. The Morgan fingerprint density at radius 3 is 2.70 bits per heavy atom. The summed E-state index contributed by atoms with van der Waals surface area (Å²) in [5.41, 5.74) is 2.76. The van der Waals surface area contributed by atoms with E-state index in [1.165, 1.54) is 6.20 Å². The Labute approximate surface area is 120 Å². The number of imidazole rings is 1. The first-order chi connectivity index (χ1) is 9.54. The maximum Gasteiger partial charge on any atom is 0.296 e. The second-order valence-corrected chi connectivity index (χ2v) is 4.80. The molecule has 7 nitrogen and oxygen atoms in total. The number of aromatic hydroxyl groups is 1. The van der Waals surface area contributed by atoms with E-state index < -0.39 is 0 Å². The first-order valence-corrected chi connectivity index (χ1v) is 6.67. The van der Waals surface area contributed by atoms with Crippen LogP contribution in [-0.4, -0.2) is 30.7 Å². The number of nitrogens with one attached hydrogen (secondary N) is 2. The number of amidine groups is 1. The van der Waals surface area contributed by atoms with Gasteiger partial charge in [0, 0.05) is 12.2 Å². The van der Waals surface area contributed by atoms with Gasteiger partial charge in [0.05, 0.1) is 10.6 Å². The molecular formula is C12H16ClN5O2. The van der Waals surface area contributed by atoms with E-state index in [9.17, 15) is 5.11 Å². The number of pyridine rings is 1. The van der Waals surface area contributed by atoms with Crippen molar-refractivity contribution in [3.05, 3.63) is 16.8 Å². The average molecular weight is 298 g/mol. The van der Waals surface area contributed by atoms with Crippen LogP contribution >= 0.6 is 11.6 Å². The van der Waals surface area contributed by atoms with Crippen molar-refractivity contribution in [1.29, 1.82) is 5.41 Å². The molecule has 0 fully saturated rings. The lowest BCUT2D eigenvalue weighted by atomic mass is 10.1. The molecule has 2 aromatic heterocycles. The van der Waals surface area contributed by atoms with Gasteiger partial charge in [0.2, 0.25) is 0 Å². The van der Waals surface area contributed by atoms with Crippen LogP contribution in [0.25, 0.3) is 11.2 Å². The molecule has 0 radical (unpaired) electrons. The maximum absolute atomic E-state index is 10.1. The second-order valence-electron chi connectivity index (χ2n) is 4.39. The molecule has 108 valence electrons. The van der Waals surface area contributed by atoms with Gasteiger partial charge in [-0.05, 0) is 12.8 Å². The van der Waals surface area contributed by atoms with Crippen LogP contribution in [0.2, 0.25) is 5.02 Å². The summed E-state index contributed by atoms with van der Waals surface area (Å²) in [5.74, 6) is -0.269. The molecule has 0 aliphatic rings. The van der Waals surface area contributed by atoms with Crippen LogP contribution in [0, 0.1) is 5.41 Å². The Balaban J connectivity index is 2.84. The van der Waals surface area contributed by atoms with E-state index in [0.29, 0.717) is 5.52 Å². The maximum atomic E-state index is 10.1. The summed E-state index contributed by atoms with van der Waals surface area (Å²) in [5, 5.41) is 27.0. The second kappa shape index (κ2) is 5.64. The van der Waals surface area contributed by atoms with Crippen molar-refractivity contribution in [2.45, 2.75) is 32.7 Å². The van der Waals surface area contributed by atoms with Crippen LogP contribution in [0.15, 0.2) is 6.20 Å². The van der Waals surface area contributed by atoms with E-state index in [1.54, 1.807) is 10.0 Å². The zero-order valence-electron chi connectivity index (χ0n) is 11.2. The van der Waals surface area contributed by atoms with Crippen molar-refractivity contribution < 1.29 is 10.3 Å². The highest BCUT2D eigenvalue weighted by Crippen LogP contribution is 2.32. The predicted octanol–water partition coefficient (Wildman–Crippen LogP) is 2.46. The van der Waals surface area contributed by atoms with Crippen molar-refractivity contribution in [2.24, 2.45) is 0 Å². The Kier molecular flexibility index (Phi) is 4.10. The predicted molar refractivity (Wildman–Crippen MR) is 75.6 cm³/mol. The topological polar surface area (TPSA) is 107 Å². The Bertz CT molecular complexity index is 651. The highest BCUT2D eigenvalue weighted by molar-refractivity contribution is 6.35. The summed E-state index contributed by atoms with van der Waals surface area (Å²) in [6.45, 7) is 3.99. The summed E-state index contributed by atoms with van der Waals surface area (Å²) in [4.78, 5) is 8.05. The number of fused-ring (bicyclic) bond motifs is 1. The van der Waals surface area contributed by atoms with Gasteiger partial charge >= 0.3 is 0 Å². The number of nitrogens with zero attached hydrogens (tertiary/aromatic N) is 3. The fraction of sp³-hybridized carbons (Fsp3) is 0.417. The van der Waals surface area contributed by atoms with Crippen LogP contribution < -0.4 is 5.48 Å². The van der Waals surface area contributed by atoms with Crippen molar-refractivity contribution in [2.75, 3.05) is 0 Å². The number of aromatic nitrogens is 3. The van der Waals surface area contributed by atoms with Gasteiger partial charge in [-0.15, -0.1) is 0 Å². The average Bonchev–Trinajstić information content (AvgIpc) is 2.77. The minimum absolute atomic E-state index is 0.00510. The van der Waals surface area contributed by atoms with Crippen molar-refractivity contribution >= 4 is 28.6 Å². The Hall–Kier alpha value is -1.86. The fourth-order valence-electron chi connectivity index (χ4n) is 2.32. The number of hydrogen-bond acceptors (Lipinski definition) is 5. The zero-order chi connectivity index (χ0) is 14.9. The van der Waals surface area contributed by atoms with E-state index in [4.69, 9.17) is 22.2 Å². The third-order valence-corrected chi connectivity index (χ3v) is 3.61. The summed E-state index contributed by atoms with van der Waals surface area (Å²) in [6, 6.07) is -0.166. The van der Waals surface area contributed by atoms with E-state index >= 15 is 0 Å². The minimum atomic E-state index is -0.269. The molecule has 20 heavy (non-hydrogen) atoms. The molecule has 2 heterocycles. The standard InChI is InChI=1S/C12H16ClN5O2/c1-3-6(4-2)18-9-8(10(14)17-20)7(13)5-15-11(9)16-12(18)19/h5-6,20H,3-4H2,1-2H3,(H2,14,17)(H,15,16,19). The first-order valence-electron chi connectivity index (χ1n) is 6.29. The highest BCUT2D eigenvalue weighted by Gasteiger charge is 2.23. The molecule has 0 spiro atoms. The molecule has 2 rings (SSSR count). The third-order valence-electron chi connectivity index (χ3n) is 3.32. The number of rotatable bonds is 4. The van der Waals surface area contributed by atoms with Crippen LogP contribution in [0.5, 0.6) is 6.01 Å². The van der Waals surface area contributed by atoms with Crippen molar-refractivity contribution in [3.63, 3.8) is 0 Å². The molecule has 2 aromatic rings. The Morgan fingerprint density at radius 1 is 1.50 bits per heavy atom. The molecule has 0 aliphatic heterocycles. The lowest BCUT2D eigenvalue weighted by molar-refractivity contribution is 0.234. The van der Waals surface area contributed by atoms with Crippen molar-refractivity contribution in [1.82, 2.24) is 20.0 Å². The van der Waals surface area contributed by atoms with Gasteiger partial charge in [0.1, 0.15) is 5.52 Å². The molecule has 0 aromatic carbocycles. The minimum Gasteiger partial charge on any atom is -0.480 e. The van der Waals surface area contributed by atoms with Gasteiger partial charge in [0.25, 0.3) is 6.01 Å². The Morgan fingerprint density at radius 2 is 2.15 bits per heavy atom. The molecule has 0 bridgehead atoms. The molecule has 0 atom stereocenters. The fourth-order valence-corrected chi connectivity index (χ4v) is 2.55. The van der Waals surface area contributed by atoms with Crippen LogP contribution in [0.1, 0.15) is 38.3 Å². The van der Waals surface area contributed by atoms with Gasteiger partial charge < -0.3 is 5.11 Å². The molecule has 0 amide bonds. The summed E-state index contributed by atoms with van der Waals surface area (Å²) in [7, 11) is 0. The first kappa shape index (κ1) is 14.5. The van der Waals surface area contributed by atoms with Gasteiger partial charge in [0.15, 0.2) is 11.5 Å². The quantitative estimate of drug-likeness (QED) is 0.394. The molecule has 0 unspecified atom stereocenters. The molecule has 0 saturated heterocycles. The zero-order valence-corrected chi connectivity index (χ0v) is 11.9. The number of halogens is 1. The molecule has 4 N–H and O–H groups in total. The monoisotopic (exact) mass is 297 g/mol. The van der Waals surface area contributed by atoms with Crippen LogP contribution in [-0.2, 0) is 0 Å². The highest BCUT2D eigenvalue weighted by atomic mass is 35.5. The van der Waals surface area contributed by atoms with E-state index in [2.05, 4.69) is 9.97 Å². The molecule has 0 aliphatic carbocycles. The number of hydrogen-bond donors (Lipinski definition) is 4.